The maximum atomic E-state index is 4.42. The number of nitrogens with zero attached hydrogens (tertiary/aromatic N) is 1. The third-order valence-corrected chi connectivity index (χ3v) is 3.42. The van der Waals surface area contributed by atoms with Gasteiger partial charge in [-0.3, -0.25) is 0 Å². The van der Waals surface area contributed by atoms with Gasteiger partial charge in [-0.05, 0) is 19.8 Å². The van der Waals surface area contributed by atoms with Crippen molar-refractivity contribution in [1.82, 2.24) is 4.98 Å². The molecule has 0 spiro atoms. The Bertz CT molecular complexity index is 235. The maximum absolute atomic E-state index is 4.42. The normalized spacial score (nSPS) is 19.4. The van der Waals surface area contributed by atoms with Crippen LogP contribution in [0.5, 0.6) is 0 Å². The molecule has 1 heterocycles. The molecule has 1 aromatic rings. The summed E-state index contributed by atoms with van der Waals surface area (Å²) in [5, 5.41) is 1.38. The maximum Gasteiger partial charge on any atom is 0.0958 e. The molecule has 1 aromatic heterocycles. The van der Waals surface area contributed by atoms with Crippen LogP contribution in [0.3, 0.4) is 0 Å². The van der Waals surface area contributed by atoms with Crippen LogP contribution in [0.4, 0.5) is 0 Å². The molecule has 0 N–H and O–H groups in total. The second-order valence-electron chi connectivity index (χ2n) is 3.29. The van der Waals surface area contributed by atoms with Crippen molar-refractivity contribution in [3.63, 3.8) is 0 Å². The van der Waals surface area contributed by atoms with Gasteiger partial charge < -0.3 is 0 Å². The summed E-state index contributed by atoms with van der Waals surface area (Å²) in [6, 6.07) is 0. The molecule has 1 aliphatic carbocycles. The molecule has 0 saturated heterocycles. The number of hydrogen-bond acceptors (Lipinski definition) is 2. The van der Waals surface area contributed by atoms with Gasteiger partial charge in [-0.2, -0.15) is 0 Å². The lowest BCUT2D eigenvalue weighted by molar-refractivity contribution is 0.716. The van der Waals surface area contributed by atoms with E-state index < -0.39 is 0 Å². The first-order chi connectivity index (χ1) is 5.36. The van der Waals surface area contributed by atoms with Crippen molar-refractivity contribution < 1.29 is 0 Å². The highest BCUT2D eigenvalue weighted by molar-refractivity contribution is 7.11. The summed E-state index contributed by atoms with van der Waals surface area (Å²) in [6.45, 7) is 2.14. The van der Waals surface area contributed by atoms with Gasteiger partial charge in [0.05, 0.1) is 5.01 Å². The molecule has 0 aromatic carbocycles. The quantitative estimate of drug-likeness (QED) is 0.626. The zero-order valence-corrected chi connectivity index (χ0v) is 7.66. The molecule has 1 nitrogen and oxygen atoms in total. The Kier molecular flexibility index (Phi) is 1.95. The van der Waals surface area contributed by atoms with Crippen LogP contribution < -0.4 is 0 Å². The van der Waals surface area contributed by atoms with E-state index in [2.05, 4.69) is 11.9 Å². The van der Waals surface area contributed by atoms with Crippen LogP contribution in [-0.2, 0) is 0 Å². The second kappa shape index (κ2) is 2.94. The van der Waals surface area contributed by atoms with E-state index in [1.165, 1.54) is 35.6 Å². The van der Waals surface area contributed by atoms with E-state index in [0.717, 1.165) is 5.92 Å². The third-order valence-electron chi connectivity index (χ3n) is 2.34. The Morgan fingerprint density at radius 1 is 1.45 bits per heavy atom. The van der Waals surface area contributed by atoms with E-state index in [4.69, 9.17) is 0 Å². The molecule has 1 saturated carbocycles. The summed E-state index contributed by atoms with van der Waals surface area (Å²) in [5.74, 6) is 0.800. The van der Waals surface area contributed by atoms with Gasteiger partial charge in [0.15, 0.2) is 0 Å². The second-order valence-corrected chi connectivity index (χ2v) is 4.56. The standard InChI is InChI=1S/C9H13NS/c1-7-6-10-9(11-7)8-4-2-3-5-8/h6,8H,2-5H2,1H3. The highest BCUT2D eigenvalue weighted by Crippen LogP contribution is 2.35. The van der Waals surface area contributed by atoms with Crippen LogP contribution in [0.2, 0.25) is 0 Å². The van der Waals surface area contributed by atoms with Crippen molar-refractivity contribution in [2.45, 2.75) is 38.5 Å². The number of thiazole rings is 1. The molecular formula is C9H13NS. The first-order valence-electron chi connectivity index (χ1n) is 4.28. The summed E-state index contributed by atoms with van der Waals surface area (Å²) in [5.41, 5.74) is 0. The van der Waals surface area contributed by atoms with Crippen LogP contribution >= 0.6 is 11.3 Å². The van der Waals surface area contributed by atoms with Gasteiger partial charge in [0.2, 0.25) is 0 Å². The Balaban J connectivity index is 2.15. The number of hydrogen-bond donors (Lipinski definition) is 0. The van der Waals surface area contributed by atoms with Crippen LogP contribution in [0, 0.1) is 6.92 Å². The molecule has 0 amide bonds. The topological polar surface area (TPSA) is 12.9 Å². The molecule has 11 heavy (non-hydrogen) atoms. The first kappa shape index (κ1) is 7.29. The van der Waals surface area contributed by atoms with Crippen molar-refractivity contribution in [1.29, 1.82) is 0 Å². The molecule has 0 unspecified atom stereocenters. The first-order valence-corrected chi connectivity index (χ1v) is 5.10. The zero-order chi connectivity index (χ0) is 7.68. The fourth-order valence-corrected chi connectivity index (χ4v) is 2.68. The summed E-state index contributed by atoms with van der Waals surface area (Å²) < 4.78 is 0. The molecule has 2 heteroatoms. The molecule has 0 radical (unpaired) electrons. The summed E-state index contributed by atoms with van der Waals surface area (Å²) in [6.07, 6.45) is 7.55. The van der Waals surface area contributed by atoms with Crippen LogP contribution in [0.25, 0.3) is 0 Å². The Labute approximate surface area is 71.5 Å². The summed E-state index contributed by atoms with van der Waals surface area (Å²) >= 11 is 1.87. The van der Waals surface area contributed by atoms with Crippen LogP contribution in [-0.4, -0.2) is 4.98 Å². The van der Waals surface area contributed by atoms with E-state index in [1.54, 1.807) is 0 Å². The van der Waals surface area contributed by atoms with Crippen molar-refractivity contribution in [3.05, 3.63) is 16.1 Å². The fraction of sp³-hybridized carbons (Fsp3) is 0.667. The molecule has 1 fully saturated rings. The number of aryl methyl sites for hydroxylation is 1. The lowest BCUT2D eigenvalue weighted by Gasteiger charge is -2.01. The summed E-state index contributed by atoms with van der Waals surface area (Å²) in [4.78, 5) is 5.77. The molecule has 2 rings (SSSR count). The largest absolute Gasteiger partial charge is 0.249 e. The number of aromatic nitrogens is 1. The van der Waals surface area contributed by atoms with Gasteiger partial charge in [-0.1, -0.05) is 12.8 Å². The van der Waals surface area contributed by atoms with Crippen LogP contribution in [0.15, 0.2) is 6.20 Å². The predicted molar refractivity (Wildman–Crippen MR) is 48.1 cm³/mol. The van der Waals surface area contributed by atoms with Gasteiger partial charge >= 0.3 is 0 Å². The average Bonchev–Trinajstić information content (AvgIpc) is 2.55. The Morgan fingerprint density at radius 3 is 2.73 bits per heavy atom. The van der Waals surface area contributed by atoms with Crippen LogP contribution in [0.1, 0.15) is 41.5 Å². The predicted octanol–water partition coefficient (Wildman–Crippen LogP) is 3.11. The fourth-order valence-electron chi connectivity index (χ4n) is 1.73. The van der Waals surface area contributed by atoms with E-state index in [0.29, 0.717) is 0 Å². The molecule has 0 atom stereocenters. The van der Waals surface area contributed by atoms with Gasteiger partial charge in [0, 0.05) is 17.0 Å². The Hall–Kier alpha value is -0.370. The highest BCUT2D eigenvalue weighted by atomic mass is 32.1. The van der Waals surface area contributed by atoms with Gasteiger partial charge in [-0.25, -0.2) is 4.98 Å². The van der Waals surface area contributed by atoms with Crippen molar-refractivity contribution in [3.8, 4) is 0 Å². The number of rotatable bonds is 1. The highest BCUT2D eigenvalue weighted by Gasteiger charge is 2.19. The van der Waals surface area contributed by atoms with E-state index in [-0.39, 0.29) is 0 Å². The third kappa shape index (κ3) is 1.45. The Morgan fingerprint density at radius 2 is 2.18 bits per heavy atom. The van der Waals surface area contributed by atoms with Crippen molar-refractivity contribution >= 4 is 11.3 Å². The van der Waals surface area contributed by atoms with E-state index in [1.807, 2.05) is 17.5 Å². The molecule has 1 aliphatic rings. The monoisotopic (exact) mass is 167 g/mol. The van der Waals surface area contributed by atoms with Gasteiger partial charge in [-0.15, -0.1) is 11.3 Å². The lowest BCUT2D eigenvalue weighted by Crippen LogP contribution is -1.88. The van der Waals surface area contributed by atoms with Crippen molar-refractivity contribution in [2.75, 3.05) is 0 Å². The van der Waals surface area contributed by atoms with Gasteiger partial charge in [0.1, 0.15) is 0 Å². The molecular weight excluding hydrogens is 154 g/mol. The average molecular weight is 167 g/mol. The smallest absolute Gasteiger partial charge is 0.0958 e. The lowest BCUT2D eigenvalue weighted by atomic mass is 10.1. The van der Waals surface area contributed by atoms with Crippen molar-refractivity contribution in [2.24, 2.45) is 0 Å². The minimum atomic E-state index is 0.800. The van der Waals surface area contributed by atoms with Gasteiger partial charge in [0.25, 0.3) is 0 Å². The molecule has 60 valence electrons. The summed E-state index contributed by atoms with van der Waals surface area (Å²) in [7, 11) is 0. The van der Waals surface area contributed by atoms with E-state index >= 15 is 0 Å². The molecule has 0 aliphatic heterocycles. The zero-order valence-electron chi connectivity index (χ0n) is 6.84. The SMILES string of the molecule is Cc1cnc(C2CCCC2)s1. The molecule has 0 bridgehead atoms. The minimum Gasteiger partial charge on any atom is -0.249 e. The van der Waals surface area contributed by atoms with E-state index in [9.17, 15) is 0 Å². The minimum absolute atomic E-state index is 0.800.